The Kier molecular flexibility index (Phi) is 6.06. The lowest BCUT2D eigenvalue weighted by atomic mass is 10.1. The molecule has 2 amide bonds. The van der Waals surface area contributed by atoms with Gasteiger partial charge in [0.15, 0.2) is 17.3 Å². The lowest BCUT2D eigenvalue weighted by Crippen LogP contribution is -2.39. The molecule has 178 valence electrons. The highest BCUT2D eigenvalue weighted by Crippen LogP contribution is 2.30. The molecule has 2 N–H and O–H groups in total. The number of methoxy groups -OCH3 is 1. The summed E-state index contributed by atoms with van der Waals surface area (Å²) in [7, 11) is 1.47. The van der Waals surface area contributed by atoms with Crippen molar-refractivity contribution in [2.45, 2.75) is 32.0 Å². The van der Waals surface area contributed by atoms with Gasteiger partial charge in [0, 0.05) is 48.9 Å². The number of nitrogens with zero attached hydrogens (tertiary/aromatic N) is 3. The molecule has 0 aliphatic carbocycles. The average molecular weight is 468 g/mol. The second kappa shape index (κ2) is 9.30. The third kappa shape index (κ3) is 4.41. The quantitative estimate of drug-likeness (QED) is 0.594. The van der Waals surface area contributed by atoms with E-state index in [4.69, 9.17) is 14.2 Å². The van der Waals surface area contributed by atoms with Crippen LogP contribution in [-0.2, 0) is 6.54 Å². The summed E-state index contributed by atoms with van der Waals surface area (Å²) in [5.74, 6) is 1.22. The molecule has 1 saturated heterocycles. The number of hydrogen-bond acceptors (Lipinski definition) is 7. The molecule has 5 rings (SSSR count). The van der Waals surface area contributed by atoms with Crippen LogP contribution in [0.25, 0.3) is 10.9 Å². The summed E-state index contributed by atoms with van der Waals surface area (Å²) in [6.07, 6.45) is 3.96. The highest BCUT2D eigenvalue weighted by Gasteiger charge is 2.32. The van der Waals surface area contributed by atoms with Crippen molar-refractivity contribution in [3.63, 3.8) is 0 Å². The number of ether oxygens (including phenoxy) is 3. The summed E-state index contributed by atoms with van der Waals surface area (Å²) >= 11 is 0. The molecule has 0 spiro atoms. The molecular formula is C24H26FN5O4. The van der Waals surface area contributed by atoms with Gasteiger partial charge < -0.3 is 29.7 Å². The molecule has 9 nitrogen and oxygen atoms in total. The van der Waals surface area contributed by atoms with Crippen LogP contribution in [0.4, 0.5) is 14.9 Å². The van der Waals surface area contributed by atoms with Crippen molar-refractivity contribution in [2.75, 3.05) is 32.2 Å². The van der Waals surface area contributed by atoms with Gasteiger partial charge in [-0.2, -0.15) is 0 Å². The van der Waals surface area contributed by atoms with Gasteiger partial charge in [-0.1, -0.05) is 0 Å². The van der Waals surface area contributed by atoms with Gasteiger partial charge in [0.1, 0.15) is 24.5 Å². The van der Waals surface area contributed by atoms with Gasteiger partial charge in [-0.05, 0) is 25.5 Å². The maximum Gasteiger partial charge on any atom is 0.322 e. The Balaban J connectivity index is 1.24. The number of pyridine rings is 2. The van der Waals surface area contributed by atoms with Crippen molar-refractivity contribution in [2.24, 2.45) is 0 Å². The van der Waals surface area contributed by atoms with Crippen LogP contribution in [0.2, 0.25) is 0 Å². The molecule has 2 atom stereocenters. The molecule has 1 fully saturated rings. The van der Waals surface area contributed by atoms with Gasteiger partial charge in [0.25, 0.3) is 0 Å². The number of fused-ring (bicyclic) bond motifs is 2. The number of aromatic nitrogens is 2. The van der Waals surface area contributed by atoms with Crippen LogP contribution in [-0.4, -0.2) is 59.9 Å². The van der Waals surface area contributed by atoms with Crippen molar-refractivity contribution >= 4 is 22.6 Å². The Morgan fingerprint density at radius 2 is 2.06 bits per heavy atom. The van der Waals surface area contributed by atoms with Crippen LogP contribution in [0.1, 0.15) is 19.0 Å². The Morgan fingerprint density at radius 3 is 2.88 bits per heavy atom. The highest BCUT2D eigenvalue weighted by atomic mass is 19.1. The number of halogens is 1. The number of carbonyl (C=O) groups is 1. The zero-order valence-electron chi connectivity index (χ0n) is 19.0. The number of urea groups is 1. The fourth-order valence-electron chi connectivity index (χ4n) is 4.40. The molecule has 0 bridgehead atoms. The van der Waals surface area contributed by atoms with Gasteiger partial charge in [0.2, 0.25) is 0 Å². The van der Waals surface area contributed by atoms with E-state index in [1.807, 2.05) is 13.0 Å². The normalized spacial score (nSPS) is 19.3. The smallest absolute Gasteiger partial charge is 0.322 e. The molecule has 0 radical (unpaired) electrons. The molecule has 1 unspecified atom stereocenters. The molecule has 0 saturated carbocycles. The number of rotatable bonds is 5. The second-order valence-corrected chi connectivity index (χ2v) is 8.43. The molecule has 1 aromatic carbocycles. The maximum absolute atomic E-state index is 14.4. The zero-order chi connectivity index (χ0) is 23.7. The number of amides is 2. The third-order valence-electron chi connectivity index (χ3n) is 6.14. The molecule has 4 heterocycles. The van der Waals surface area contributed by atoms with Crippen molar-refractivity contribution in [3.8, 4) is 17.2 Å². The predicted molar refractivity (Wildman–Crippen MR) is 124 cm³/mol. The fraction of sp³-hybridized carbons (Fsp3) is 0.375. The number of benzene rings is 1. The largest absolute Gasteiger partial charge is 0.497 e. The van der Waals surface area contributed by atoms with Crippen LogP contribution in [0.5, 0.6) is 17.2 Å². The summed E-state index contributed by atoms with van der Waals surface area (Å²) < 4.78 is 30.7. The number of hydrogen-bond donors (Lipinski definition) is 2. The van der Waals surface area contributed by atoms with Crippen molar-refractivity contribution in [1.29, 1.82) is 0 Å². The zero-order valence-corrected chi connectivity index (χ0v) is 19.0. The summed E-state index contributed by atoms with van der Waals surface area (Å²) in [5.41, 5.74) is 1.51. The summed E-state index contributed by atoms with van der Waals surface area (Å²) in [4.78, 5) is 23.4. The first-order chi connectivity index (χ1) is 16.5. The summed E-state index contributed by atoms with van der Waals surface area (Å²) in [6, 6.07) is 6.38. The van der Waals surface area contributed by atoms with E-state index in [0.29, 0.717) is 54.6 Å². The number of nitrogens with one attached hydrogen (secondary N) is 2. The molecule has 10 heteroatoms. The lowest BCUT2D eigenvalue weighted by molar-refractivity contribution is 0.170. The van der Waals surface area contributed by atoms with Crippen molar-refractivity contribution in [3.05, 3.63) is 48.2 Å². The molecule has 34 heavy (non-hydrogen) atoms. The van der Waals surface area contributed by atoms with Crippen LogP contribution in [0.3, 0.4) is 0 Å². The van der Waals surface area contributed by atoms with Gasteiger partial charge in [-0.3, -0.25) is 9.97 Å². The molecule has 2 aliphatic heterocycles. The minimum absolute atomic E-state index is 0.0325. The van der Waals surface area contributed by atoms with Gasteiger partial charge in [-0.15, -0.1) is 0 Å². The van der Waals surface area contributed by atoms with Crippen molar-refractivity contribution in [1.82, 2.24) is 20.2 Å². The molecular weight excluding hydrogens is 441 g/mol. The van der Waals surface area contributed by atoms with Gasteiger partial charge >= 0.3 is 6.03 Å². The lowest BCUT2D eigenvalue weighted by Gasteiger charge is -2.22. The highest BCUT2D eigenvalue weighted by molar-refractivity contribution is 6.01. The van der Waals surface area contributed by atoms with E-state index in [-0.39, 0.29) is 23.6 Å². The molecule has 2 aromatic heterocycles. The minimum atomic E-state index is -0.503. The first-order valence-electron chi connectivity index (χ1n) is 11.2. The van der Waals surface area contributed by atoms with Crippen LogP contribution >= 0.6 is 0 Å². The first-order valence-corrected chi connectivity index (χ1v) is 11.2. The Labute approximate surface area is 196 Å². The minimum Gasteiger partial charge on any atom is -0.497 e. The number of anilines is 1. The summed E-state index contributed by atoms with van der Waals surface area (Å²) in [5, 5.41) is 6.88. The average Bonchev–Trinajstić information content (AvgIpc) is 3.23. The topological polar surface area (TPSA) is 97.8 Å². The third-order valence-corrected chi connectivity index (χ3v) is 6.14. The second-order valence-electron chi connectivity index (χ2n) is 8.43. The van der Waals surface area contributed by atoms with E-state index in [1.54, 1.807) is 23.2 Å². The molecule has 2 aliphatic rings. The van der Waals surface area contributed by atoms with E-state index in [2.05, 4.69) is 20.6 Å². The van der Waals surface area contributed by atoms with Crippen molar-refractivity contribution < 1.29 is 23.4 Å². The molecule has 3 aromatic rings. The van der Waals surface area contributed by atoms with Crippen LogP contribution in [0.15, 0.2) is 36.7 Å². The number of likely N-dealkylation sites (tertiary alicyclic amines) is 1. The SMILES string of the molecule is COc1cc(F)c2nccc(NC(=O)N3C[C@H](NCc4cc5c(cn4)OCCO5)CC3C)c2c1. The van der Waals surface area contributed by atoms with Crippen LogP contribution < -0.4 is 24.8 Å². The van der Waals surface area contributed by atoms with E-state index in [9.17, 15) is 9.18 Å². The summed E-state index contributed by atoms with van der Waals surface area (Å²) in [6.45, 7) is 4.16. The van der Waals surface area contributed by atoms with Gasteiger partial charge in [0.05, 0.1) is 24.7 Å². The standard InChI is InChI=1S/C24H26FN5O4/c1-14-7-16(27-11-15-8-21-22(12-28-15)34-6-5-33-21)13-30(14)24(31)29-20-3-4-26-23-18(20)9-17(32-2)10-19(23)25/h3-4,8-10,12,14,16,27H,5-7,11,13H2,1-2H3,(H,26,29,31)/t14?,16-/m1/s1. The Morgan fingerprint density at radius 1 is 1.24 bits per heavy atom. The van der Waals surface area contributed by atoms with E-state index in [1.165, 1.54) is 19.4 Å². The van der Waals surface area contributed by atoms with E-state index < -0.39 is 5.82 Å². The monoisotopic (exact) mass is 467 g/mol. The van der Waals surface area contributed by atoms with Crippen LogP contribution in [0, 0.1) is 5.82 Å². The fourth-order valence-corrected chi connectivity index (χ4v) is 4.40. The van der Waals surface area contributed by atoms with Gasteiger partial charge in [-0.25, -0.2) is 9.18 Å². The van der Waals surface area contributed by atoms with E-state index in [0.717, 1.165) is 12.1 Å². The first kappa shape index (κ1) is 22.1. The Hall–Kier alpha value is -3.66. The Bertz CT molecular complexity index is 1220. The van der Waals surface area contributed by atoms with E-state index >= 15 is 0 Å². The maximum atomic E-state index is 14.4. The number of carbonyl (C=O) groups excluding carboxylic acids is 1. The predicted octanol–water partition coefficient (Wildman–Crippen LogP) is 3.33.